The van der Waals surface area contributed by atoms with Gasteiger partial charge in [-0.1, -0.05) is 56.3 Å². The molecular formula is C25H34N2O4. The third kappa shape index (κ3) is 7.40. The van der Waals surface area contributed by atoms with Gasteiger partial charge in [0.05, 0.1) is 7.11 Å². The average molecular weight is 427 g/mol. The molecule has 2 amide bonds. The summed E-state index contributed by atoms with van der Waals surface area (Å²) in [5, 5.41) is 2.99. The van der Waals surface area contributed by atoms with Gasteiger partial charge in [0.25, 0.3) is 0 Å². The first kappa shape index (κ1) is 24.4. The summed E-state index contributed by atoms with van der Waals surface area (Å²) in [4.78, 5) is 28.1. The third-order valence-corrected chi connectivity index (χ3v) is 4.93. The Bertz CT molecular complexity index is 806. The van der Waals surface area contributed by atoms with E-state index in [2.05, 4.69) is 5.32 Å². The Morgan fingerprint density at radius 1 is 1.03 bits per heavy atom. The maximum absolute atomic E-state index is 13.3. The maximum Gasteiger partial charge on any atom is 0.247 e. The summed E-state index contributed by atoms with van der Waals surface area (Å²) < 4.78 is 10.6. The fourth-order valence-electron chi connectivity index (χ4n) is 3.29. The van der Waals surface area contributed by atoms with Gasteiger partial charge in [-0.05, 0) is 36.6 Å². The largest absolute Gasteiger partial charge is 0.497 e. The van der Waals surface area contributed by atoms with E-state index >= 15 is 0 Å². The second-order valence-corrected chi connectivity index (χ2v) is 7.62. The van der Waals surface area contributed by atoms with E-state index in [0.717, 1.165) is 23.3 Å². The molecule has 2 aromatic carbocycles. The minimum absolute atomic E-state index is 0.0749. The molecule has 6 heteroatoms. The molecule has 1 atom stereocenters. The van der Waals surface area contributed by atoms with Crippen LogP contribution in [0.4, 0.5) is 0 Å². The van der Waals surface area contributed by atoms with Crippen molar-refractivity contribution in [2.45, 2.75) is 39.8 Å². The summed E-state index contributed by atoms with van der Waals surface area (Å²) in [5.41, 5.74) is 1.71. The number of methoxy groups -OCH3 is 1. The van der Waals surface area contributed by atoms with Gasteiger partial charge < -0.3 is 19.7 Å². The summed E-state index contributed by atoms with van der Waals surface area (Å²) in [6, 6.07) is 16.3. The van der Waals surface area contributed by atoms with Crippen molar-refractivity contribution in [3.8, 4) is 5.75 Å². The fourth-order valence-corrected chi connectivity index (χ4v) is 3.29. The van der Waals surface area contributed by atoms with Crippen LogP contribution in [0.1, 0.15) is 44.4 Å². The van der Waals surface area contributed by atoms with Gasteiger partial charge in [0.15, 0.2) is 0 Å². The minimum Gasteiger partial charge on any atom is -0.497 e. The molecule has 0 radical (unpaired) electrons. The summed E-state index contributed by atoms with van der Waals surface area (Å²) in [6.45, 7) is 7.71. The molecule has 0 saturated carbocycles. The summed E-state index contributed by atoms with van der Waals surface area (Å²) in [5.74, 6) is 0.242. The van der Waals surface area contributed by atoms with Crippen LogP contribution < -0.4 is 10.1 Å². The Hall–Kier alpha value is -2.86. The molecule has 0 aliphatic carbocycles. The fraction of sp³-hybridized carbons (Fsp3) is 0.440. The van der Waals surface area contributed by atoms with Gasteiger partial charge in [-0.3, -0.25) is 9.59 Å². The molecule has 0 fully saturated rings. The van der Waals surface area contributed by atoms with Crippen LogP contribution in [0.15, 0.2) is 54.6 Å². The molecule has 6 nitrogen and oxygen atoms in total. The second kappa shape index (κ2) is 12.7. The number of benzene rings is 2. The molecule has 0 aliphatic rings. The molecule has 2 aromatic rings. The highest BCUT2D eigenvalue weighted by Crippen LogP contribution is 2.26. The number of carbonyl (C=O) groups excluding carboxylic acids is 2. The predicted molar refractivity (Wildman–Crippen MR) is 122 cm³/mol. The van der Waals surface area contributed by atoms with Crippen LogP contribution in [-0.2, 0) is 20.9 Å². The average Bonchev–Trinajstić information content (AvgIpc) is 2.79. The van der Waals surface area contributed by atoms with Crippen LogP contribution in [0.25, 0.3) is 0 Å². The highest BCUT2D eigenvalue weighted by atomic mass is 16.5. The molecule has 2 rings (SSSR count). The van der Waals surface area contributed by atoms with Crippen LogP contribution in [0.2, 0.25) is 0 Å². The second-order valence-electron chi connectivity index (χ2n) is 7.62. The van der Waals surface area contributed by atoms with Crippen molar-refractivity contribution in [1.29, 1.82) is 0 Å². The molecule has 168 valence electrons. The zero-order valence-electron chi connectivity index (χ0n) is 19.0. The van der Waals surface area contributed by atoms with Gasteiger partial charge in [0, 0.05) is 32.2 Å². The Kier molecular flexibility index (Phi) is 10.0. The zero-order chi connectivity index (χ0) is 22.6. The summed E-state index contributed by atoms with van der Waals surface area (Å²) in [6.07, 6.45) is 0.720. The SMILES string of the molecule is CCOCCCNC(=O)C(c1ccccc1)N(Cc1ccc(OC)cc1)C(=O)C(C)C. The lowest BCUT2D eigenvalue weighted by molar-refractivity contribution is -0.144. The van der Waals surface area contributed by atoms with Gasteiger partial charge in [0.2, 0.25) is 11.8 Å². The molecule has 0 aliphatic heterocycles. The Morgan fingerprint density at radius 2 is 1.71 bits per heavy atom. The van der Waals surface area contributed by atoms with Crippen LogP contribution in [0.5, 0.6) is 5.75 Å². The number of carbonyl (C=O) groups is 2. The van der Waals surface area contributed by atoms with Crippen molar-refractivity contribution >= 4 is 11.8 Å². The van der Waals surface area contributed by atoms with Crippen molar-refractivity contribution in [1.82, 2.24) is 10.2 Å². The van der Waals surface area contributed by atoms with E-state index in [1.54, 1.807) is 12.0 Å². The Labute approximate surface area is 185 Å². The van der Waals surface area contributed by atoms with Gasteiger partial charge in [-0.2, -0.15) is 0 Å². The monoisotopic (exact) mass is 426 g/mol. The lowest BCUT2D eigenvalue weighted by atomic mass is 10.0. The van der Waals surface area contributed by atoms with Gasteiger partial charge in [-0.25, -0.2) is 0 Å². The van der Waals surface area contributed by atoms with Crippen LogP contribution in [0, 0.1) is 5.92 Å². The number of hydrogen-bond donors (Lipinski definition) is 1. The first-order valence-electron chi connectivity index (χ1n) is 10.8. The standard InChI is InChI=1S/C25H34N2O4/c1-5-31-17-9-16-26-24(28)23(21-10-7-6-8-11-21)27(25(29)19(2)3)18-20-12-14-22(30-4)15-13-20/h6-8,10-15,19,23H,5,9,16-18H2,1-4H3,(H,26,28). The van der Waals surface area contributed by atoms with E-state index in [1.165, 1.54) is 0 Å². The lowest BCUT2D eigenvalue weighted by Crippen LogP contribution is -2.45. The number of nitrogens with one attached hydrogen (secondary N) is 1. The van der Waals surface area contributed by atoms with Crippen molar-refractivity contribution in [3.05, 3.63) is 65.7 Å². The third-order valence-electron chi connectivity index (χ3n) is 4.93. The molecule has 0 aromatic heterocycles. The van der Waals surface area contributed by atoms with E-state index in [-0.39, 0.29) is 17.7 Å². The Balaban J connectivity index is 2.30. The first-order valence-corrected chi connectivity index (χ1v) is 10.8. The highest BCUT2D eigenvalue weighted by Gasteiger charge is 2.32. The van der Waals surface area contributed by atoms with Crippen LogP contribution in [-0.4, -0.2) is 43.6 Å². The summed E-state index contributed by atoms with van der Waals surface area (Å²) >= 11 is 0. The molecule has 1 unspecified atom stereocenters. The minimum atomic E-state index is -0.717. The number of rotatable bonds is 12. The molecule has 0 saturated heterocycles. The maximum atomic E-state index is 13.3. The van der Waals surface area contributed by atoms with Crippen molar-refractivity contribution in [3.63, 3.8) is 0 Å². The van der Waals surface area contributed by atoms with Gasteiger partial charge in [0.1, 0.15) is 11.8 Å². The van der Waals surface area contributed by atoms with E-state index in [4.69, 9.17) is 9.47 Å². The highest BCUT2D eigenvalue weighted by molar-refractivity contribution is 5.89. The Morgan fingerprint density at radius 3 is 2.29 bits per heavy atom. The topological polar surface area (TPSA) is 67.9 Å². The zero-order valence-corrected chi connectivity index (χ0v) is 19.0. The first-order chi connectivity index (χ1) is 15.0. The molecule has 0 spiro atoms. The smallest absolute Gasteiger partial charge is 0.247 e. The van der Waals surface area contributed by atoms with E-state index < -0.39 is 6.04 Å². The number of hydrogen-bond acceptors (Lipinski definition) is 4. The molecule has 1 N–H and O–H groups in total. The van der Waals surface area contributed by atoms with Crippen molar-refractivity contribution in [2.75, 3.05) is 26.9 Å². The van der Waals surface area contributed by atoms with Crippen LogP contribution in [0.3, 0.4) is 0 Å². The van der Waals surface area contributed by atoms with Crippen molar-refractivity contribution < 1.29 is 19.1 Å². The van der Waals surface area contributed by atoms with Crippen LogP contribution >= 0.6 is 0 Å². The number of ether oxygens (including phenoxy) is 2. The van der Waals surface area contributed by atoms with E-state index in [1.807, 2.05) is 75.4 Å². The van der Waals surface area contributed by atoms with E-state index in [0.29, 0.717) is 26.3 Å². The lowest BCUT2D eigenvalue weighted by Gasteiger charge is -2.33. The molecular weight excluding hydrogens is 392 g/mol. The van der Waals surface area contributed by atoms with Gasteiger partial charge >= 0.3 is 0 Å². The number of nitrogens with zero attached hydrogens (tertiary/aromatic N) is 1. The van der Waals surface area contributed by atoms with Crippen molar-refractivity contribution in [2.24, 2.45) is 5.92 Å². The quantitative estimate of drug-likeness (QED) is 0.522. The normalized spacial score (nSPS) is 11.8. The number of amides is 2. The molecule has 0 bridgehead atoms. The summed E-state index contributed by atoms with van der Waals surface area (Å²) in [7, 11) is 1.62. The molecule has 0 heterocycles. The van der Waals surface area contributed by atoms with Gasteiger partial charge in [-0.15, -0.1) is 0 Å². The predicted octanol–water partition coefficient (Wildman–Crippen LogP) is 3.96. The molecule has 31 heavy (non-hydrogen) atoms. The van der Waals surface area contributed by atoms with E-state index in [9.17, 15) is 9.59 Å².